The summed E-state index contributed by atoms with van der Waals surface area (Å²) in [7, 11) is 0. The number of hydrogen-bond acceptors (Lipinski definition) is 0. The highest BCUT2D eigenvalue weighted by Crippen LogP contribution is 2.44. The van der Waals surface area contributed by atoms with Gasteiger partial charge in [0.15, 0.2) is 0 Å². The van der Waals surface area contributed by atoms with E-state index in [-0.39, 0.29) is 0 Å². The van der Waals surface area contributed by atoms with Crippen molar-refractivity contribution in [2.75, 3.05) is 0 Å². The summed E-state index contributed by atoms with van der Waals surface area (Å²) in [6.45, 7) is 0. The third-order valence-corrected chi connectivity index (χ3v) is 9.66. The number of hydrogen-bond donors (Lipinski definition) is 0. The van der Waals surface area contributed by atoms with E-state index in [0.29, 0.717) is 0 Å². The highest BCUT2D eigenvalue weighted by Gasteiger charge is 2.16. The van der Waals surface area contributed by atoms with Crippen LogP contribution in [0.15, 0.2) is 194 Å². The Morgan fingerprint density at radius 1 is 0.188 bits per heavy atom. The molecule has 0 atom stereocenters. The maximum atomic E-state index is 2.31. The van der Waals surface area contributed by atoms with E-state index in [4.69, 9.17) is 0 Å². The largest absolute Gasteiger partial charge is 0.0622 e. The second-order valence-corrected chi connectivity index (χ2v) is 12.5. The third kappa shape index (κ3) is 4.96. The van der Waals surface area contributed by atoms with Crippen LogP contribution in [0.2, 0.25) is 0 Å². The van der Waals surface area contributed by atoms with Crippen molar-refractivity contribution in [2.45, 2.75) is 0 Å². The summed E-state index contributed by atoms with van der Waals surface area (Å²) < 4.78 is 0. The smallest absolute Gasteiger partial charge is 0.00264 e. The normalized spacial score (nSPS) is 11.3. The van der Waals surface area contributed by atoms with Crippen LogP contribution in [-0.2, 0) is 0 Å². The molecular formula is C48H32. The van der Waals surface area contributed by atoms with Gasteiger partial charge in [-0.2, -0.15) is 0 Å². The number of benzene rings is 9. The van der Waals surface area contributed by atoms with Gasteiger partial charge >= 0.3 is 0 Å². The Morgan fingerprint density at radius 3 is 1.10 bits per heavy atom. The summed E-state index contributed by atoms with van der Waals surface area (Å²) >= 11 is 0. The maximum absolute atomic E-state index is 2.31. The maximum Gasteiger partial charge on any atom is -0.00264 e. The topological polar surface area (TPSA) is 0 Å². The molecule has 0 nitrogen and oxygen atoms in total. The van der Waals surface area contributed by atoms with Gasteiger partial charge in [0.05, 0.1) is 0 Å². The highest BCUT2D eigenvalue weighted by molar-refractivity contribution is 6.21. The minimum Gasteiger partial charge on any atom is -0.0622 e. The fourth-order valence-corrected chi connectivity index (χ4v) is 7.29. The summed E-state index contributed by atoms with van der Waals surface area (Å²) in [5, 5.41) is 7.60. The predicted molar refractivity (Wildman–Crippen MR) is 206 cm³/mol. The molecule has 0 aliphatic carbocycles. The lowest BCUT2D eigenvalue weighted by Gasteiger charge is -2.18. The Bertz CT molecular complexity index is 2520. The third-order valence-electron chi connectivity index (χ3n) is 9.66. The van der Waals surface area contributed by atoms with Crippen molar-refractivity contribution in [1.82, 2.24) is 0 Å². The molecule has 48 heavy (non-hydrogen) atoms. The first-order valence-corrected chi connectivity index (χ1v) is 16.6. The summed E-state index contributed by atoms with van der Waals surface area (Å²) in [6, 6.07) is 70.7. The fraction of sp³-hybridized carbons (Fsp3) is 0. The Labute approximate surface area is 281 Å². The van der Waals surface area contributed by atoms with Crippen LogP contribution >= 0.6 is 0 Å². The zero-order valence-corrected chi connectivity index (χ0v) is 26.5. The molecule has 0 saturated carbocycles. The van der Waals surface area contributed by atoms with Gasteiger partial charge < -0.3 is 0 Å². The molecule has 0 heteroatoms. The van der Waals surface area contributed by atoms with Crippen LogP contribution in [0.5, 0.6) is 0 Å². The van der Waals surface area contributed by atoms with Gasteiger partial charge in [0.2, 0.25) is 0 Å². The molecule has 0 fully saturated rings. The summed E-state index contributed by atoms with van der Waals surface area (Å²) in [4.78, 5) is 0. The lowest BCUT2D eigenvalue weighted by molar-refractivity contribution is 1.59. The van der Waals surface area contributed by atoms with E-state index in [2.05, 4.69) is 194 Å². The predicted octanol–water partition coefficient (Wildman–Crippen LogP) is 13.5. The summed E-state index contributed by atoms with van der Waals surface area (Å²) in [5.41, 5.74) is 12.4. The summed E-state index contributed by atoms with van der Waals surface area (Å²) in [5.74, 6) is 0. The molecule has 0 aliphatic heterocycles. The van der Waals surface area contributed by atoms with E-state index in [1.165, 1.54) is 88.0 Å². The van der Waals surface area contributed by atoms with E-state index >= 15 is 0 Å². The standard InChI is InChI=1S/C48H32/c1-2-11-33(12-3-1)35-21-26-37(27-22-35)47-43-17-6-8-19-45(43)48(46-20-9-7-18-44(46)47)38-28-23-36(24-29-38)40-15-10-16-41(31-40)42-30-25-34-13-4-5-14-39(34)32-42/h1-32H. The van der Waals surface area contributed by atoms with Gasteiger partial charge in [-0.3, -0.25) is 0 Å². The molecule has 0 spiro atoms. The van der Waals surface area contributed by atoms with Crippen LogP contribution in [0.4, 0.5) is 0 Å². The zero-order chi connectivity index (χ0) is 31.9. The lowest BCUT2D eigenvalue weighted by Crippen LogP contribution is -1.91. The van der Waals surface area contributed by atoms with Gasteiger partial charge in [0, 0.05) is 0 Å². The molecule has 0 bridgehead atoms. The highest BCUT2D eigenvalue weighted by atomic mass is 14.2. The van der Waals surface area contributed by atoms with Crippen LogP contribution in [-0.4, -0.2) is 0 Å². The van der Waals surface area contributed by atoms with Crippen molar-refractivity contribution < 1.29 is 0 Å². The van der Waals surface area contributed by atoms with E-state index in [0.717, 1.165) is 0 Å². The van der Waals surface area contributed by atoms with Gasteiger partial charge in [-0.15, -0.1) is 0 Å². The quantitative estimate of drug-likeness (QED) is 0.171. The average Bonchev–Trinajstić information content (AvgIpc) is 3.17. The number of fused-ring (bicyclic) bond motifs is 3. The van der Waals surface area contributed by atoms with Gasteiger partial charge in [0.25, 0.3) is 0 Å². The first-order valence-electron chi connectivity index (χ1n) is 16.6. The Kier molecular flexibility index (Phi) is 6.91. The second kappa shape index (κ2) is 11.8. The Balaban J connectivity index is 1.13. The van der Waals surface area contributed by atoms with E-state index < -0.39 is 0 Å². The van der Waals surface area contributed by atoms with Crippen LogP contribution in [0.1, 0.15) is 0 Å². The zero-order valence-electron chi connectivity index (χ0n) is 26.5. The molecule has 224 valence electrons. The van der Waals surface area contributed by atoms with Crippen molar-refractivity contribution in [2.24, 2.45) is 0 Å². The van der Waals surface area contributed by atoms with Crippen molar-refractivity contribution >= 4 is 32.3 Å². The van der Waals surface area contributed by atoms with Gasteiger partial charge in [-0.25, -0.2) is 0 Å². The molecule has 0 unspecified atom stereocenters. The molecule has 0 amide bonds. The molecule has 9 aromatic carbocycles. The molecule has 0 aromatic heterocycles. The SMILES string of the molecule is c1ccc(-c2ccc(-c3c4ccccc4c(-c4ccc(-c5cccc(-c6ccc7ccccc7c6)c5)cc4)c4ccccc34)cc2)cc1. The van der Waals surface area contributed by atoms with Gasteiger partial charge in [-0.05, 0) is 100 Å². The van der Waals surface area contributed by atoms with E-state index in [9.17, 15) is 0 Å². The molecule has 9 aromatic rings. The van der Waals surface area contributed by atoms with Gasteiger partial charge in [0.1, 0.15) is 0 Å². The number of rotatable bonds is 5. The van der Waals surface area contributed by atoms with Crippen LogP contribution < -0.4 is 0 Å². The lowest BCUT2D eigenvalue weighted by atomic mass is 9.85. The van der Waals surface area contributed by atoms with Crippen LogP contribution in [0.25, 0.3) is 88.0 Å². The molecule has 0 radical (unpaired) electrons. The van der Waals surface area contributed by atoms with E-state index in [1.807, 2.05) is 0 Å². The first-order chi connectivity index (χ1) is 23.8. The fourth-order valence-electron chi connectivity index (χ4n) is 7.29. The molecule has 0 aliphatic rings. The van der Waals surface area contributed by atoms with Crippen LogP contribution in [0.3, 0.4) is 0 Å². The van der Waals surface area contributed by atoms with E-state index in [1.54, 1.807) is 0 Å². The van der Waals surface area contributed by atoms with Crippen LogP contribution in [0, 0.1) is 0 Å². The van der Waals surface area contributed by atoms with Crippen molar-refractivity contribution in [3.05, 3.63) is 194 Å². The minimum absolute atomic E-state index is 1.21. The van der Waals surface area contributed by atoms with Crippen molar-refractivity contribution in [1.29, 1.82) is 0 Å². The second-order valence-electron chi connectivity index (χ2n) is 12.5. The molecule has 0 heterocycles. The summed E-state index contributed by atoms with van der Waals surface area (Å²) in [6.07, 6.45) is 0. The molecule has 9 rings (SSSR count). The molecular weight excluding hydrogens is 577 g/mol. The Morgan fingerprint density at radius 2 is 0.542 bits per heavy atom. The Hall–Kier alpha value is -6.24. The minimum atomic E-state index is 1.21. The van der Waals surface area contributed by atoms with Crippen molar-refractivity contribution in [3.63, 3.8) is 0 Å². The molecule has 0 N–H and O–H groups in total. The monoisotopic (exact) mass is 608 g/mol. The average molecular weight is 609 g/mol. The first kappa shape index (κ1) is 28.0. The molecule has 0 saturated heterocycles. The van der Waals surface area contributed by atoms with Crippen molar-refractivity contribution in [3.8, 4) is 55.6 Å². The van der Waals surface area contributed by atoms with Gasteiger partial charge in [-0.1, -0.05) is 182 Å².